The molecule has 0 aliphatic carbocycles. The lowest BCUT2D eigenvalue weighted by atomic mass is 12.9. The van der Waals surface area contributed by atoms with Crippen LogP contribution in [0.3, 0.4) is 0 Å². The fourth-order valence-corrected chi connectivity index (χ4v) is 0.0248. The lowest BCUT2D eigenvalue weighted by Gasteiger charge is -1.71. The Balaban J connectivity index is 0. The van der Waals surface area contributed by atoms with Gasteiger partial charge in [-0.15, -0.1) is 0 Å². The van der Waals surface area contributed by atoms with E-state index >= 15 is 0 Å². The van der Waals surface area contributed by atoms with Gasteiger partial charge < -0.3 is 6.15 Å². The second-order valence-electron chi connectivity index (χ2n) is 0.434. The Kier molecular flexibility index (Phi) is 6.84. The summed E-state index contributed by atoms with van der Waals surface area (Å²) in [5.74, 6) is 8.38. The van der Waals surface area contributed by atoms with E-state index in [0.29, 0.717) is 0 Å². The van der Waals surface area contributed by atoms with Crippen molar-refractivity contribution in [2.75, 3.05) is 0 Å². The lowest BCUT2D eigenvalue weighted by Crippen LogP contribution is -2.17. The molecule has 0 atom stereocenters. The molecule has 0 aliphatic rings. The van der Waals surface area contributed by atoms with Crippen molar-refractivity contribution in [2.24, 2.45) is 11.8 Å². The quantitative estimate of drug-likeness (QED) is 0.374. The molecule has 44 valence electrons. The molecular formula is H7N4O3+. The van der Waals surface area contributed by atoms with Crippen LogP contribution in [0.2, 0.25) is 0 Å². The van der Waals surface area contributed by atoms with Crippen LogP contribution in [0.15, 0.2) is 0 Å². The van der Waals surface area contributed by atoms with Gasteiger partial charge in [-0.1, -0.05) is 21.7 Å². The number of hydrogen-bond donors (Lipinski definition) is 3. The van der Waals surface area contributed by atoms with Gasteiger partial charge in [-0.25, -0.2) is 0 Å². The summed E-state index contributed by atoms with van der Waals surface area (Å²) in [4.78, 5) is 16.1. The first kappa shape index (κ1) is 9.43. The van der Waals surface area contributed by atoms with Gasteiger partial charge in [-0.3, -0.25) is 0 Å². The summed E-state index contributed by atoms with van der Waals surface area (Å²) in [6.07, 6.45) is 0. The zero-order chi connectivity index (χ0) is 4.99. The lowest BCUT2D eigenvalue weighted by molar-refractivity contribution is -0.987. The Hall–Kier alpha value is -0.920. The van der Waals surface area contributed by atoms with Crippen molar-refractivity contribution in [1.82, 2.24) is 6.15 Å². The SMILES string of the molecule is N.NO[N+](=O)ON. The predicted octanol–water partition coefficient (Wildman–Crippen LogP) is -1.46. The number of nitrogens with zero attached hydrogens (tertiary/aromatic N) is 1. The van der Waals surface area contributed by atoms with E-state index in [-0.39, 0.29) is 6.15 Å². The van der Waals surface area contributed by atoms with Crippen LogP contribution in [-0.2, 0) is 9.88 Å². The van der Waals surface area contributed by atoms with Gasteiger partial charge in [0.1, 0.15) is 4.91 Å². The first-order valence-electron chi connectivity index (χ1n) is 1.02. The Labute approximate surface area is 39.1 Å². The van der Waals surface area contributed by atoms with Crippen LogP contribution in [0.4, 0.5) is 0 Å². The van der Waals surface area contributed by atoms with Gasteiger partial charge in [0.05, 0.1) is 0 Å². The Morgan fingerprint density at radius 1 is 1.29 bits per heavy atom. The topological polar surface area (TPSA) is 126 Å². The predicted molar refractivity (Wildman–Crippen MR) is 19.2 cm³/mol. The Bertz CT molecular complexity index is 44.9. The fraction of sp³-hybridized carbons (Fsp3) is 0. The molecular weight excluding hydrogens is 104 g/mol. The monoisotopic (exact) mass is 111 g/mol. The summed E-state index contributed by atoms with van der Waals surface area (Å²) in [6, 6.07) is 0. The highest BCUT2D eigenvalue weighted by atomic mass is 17.1. The van der Waals surface area contributed by atoms with Crippen molar-refractivity contribution in [3.63, 3.8) is 0 Å². The molecule has 0 rings (SSSR count). The van der Waals surface area contributed by atoms with Crippen molar-refractivity contribution < 1.29 is 15.0 Å². The minimum atomic E-state index is -0.444. The normalized spacial score (nSPS) is 6.00. The first-order valence-corrected chi connectivity index (χ1v) is 1.02. The van der Waals surface area contributed by atoms with Crippen LogP contribution in [0.25, 0.3) is 0 Å². The number of rotatable bonds is 2. The molecule has 0 saturated heterocycles. The fourth-order valence-electron chi connectivity index (χ4n) is 0.0248. The molecule has 0 aromatic carbocycles. The van der Waals surface area contributed by atoms with Crippen molar-refractivity contribution in [1.29, 1.82) is 0 Å². The van der Waals surface area contributed by atoms with Crippen molar-refractivity contribution >= 4 is 0 Å². The highest BCUT2D eigenvalue weighted by molar-refractivity contribution is 3.60. The maximum absolute atomic E-state index is 9.40. The van der Waals surface area contributed by atoms with Gasteiger partial charge in [-0.2, -0.15) is 0 Å². The molecule has 7 heteroatoms. The zero-order valence-corrected chi connectivity index (χ0v) is 3.53. The van der Waals surface area contributed by atoms with Crippen molar-refractivity contribution in [2.45, 2.75) is 0 Å². The number of nitrogens with two attached hydrogens (primary N) is 2. The summed E-state index contributed by atoms with van der Waals surface area (Å²) in [5.41, 5.74) is 0. The van der Waals surface area contributed by atoms with Crippen LogP contribution in [0.1, 0.15) is 0 Å². The summed E-state index contributed by atoms with van der Waals surface area (Å²) in [6.45, 7) is 0. The smallest absolute Gasteiger partial charge is 0.344 e. The van der Waals surface area contributed by atoms with Gasteiger partial charge in [0.2, 0.25) is 0 Å². The molecule has 0 aliphatic heterocycles. The average Bonchev–Trinajstić information content (AvgIpc) is 1.65. The molecule has 0 fully saturated rings. The summed E-state index contributed by atoms with van der Waals surface area (Å²) >= 11 is 0. The van der Waals surface area contributed by atoms with Gasteiger partial charge in [-0.05, 0) is 0 Å². The molecule has 0 radical (unpaired) electrons. The first-order chi connectivity index (χ1) is 2.81. The molecule has 0 spiro atoms. The van der Waals surface area contributed by atoms with Crippen LogP contribution >= 0.6 is 0 Å². The van der Waals surface area contributed by atoms with Gasteiger partial charge >= 0.3 is 5.09 Å². The Morgan fingerprint density at radius 3 is 1.57 bits per heavy atom. The second kappa shape index (κ2) is 5.08. The van der Waals surface area contributed by atoms with Crippen LogP contribution in [0, 0.1) is 4.91 Å². The molecule has 0 heterocycles. The van der Waals surface area contributed by atoms with E-state index in [2.05, 4.69) is 21.7 Å². The molecule has 7 nitrogen and oxygen atoms in total. The molecule has 0 saturated carbocycles. The van der Waals surface area contributed by atoms with E-state index in [9.17, 15) is 4.91 Å². The Morgan fingerprint density at radius 2 is 1.57 bits per heavy atom. The van der Waals surface area contributed by atoms with Crippen LogP contribution < -0.4 is 17.9 Å². The highest BCUT2D eigenvalue weighted by Gasteiger charge is 2.02. The van der Waals surface area contributed by atoms with Gasteiger partial charge in [0.15, 0.2) is 0 Å². The third-order valence-electron chi connectivity index (χ3n) is 0.172. The van der Waals surface area contributed by atoms with E-state index in [1.807, 2.05) is 0 Å². The third kappa shape index (κ3) is 5.08. The second-order valence-corrected chi connectivity index (χ2v) is 0.434. The summed E-state index contributed by atoms with van der Waals surface area (Å²) < 4.78 is 0. The minimum Gasteiger partial charge on any atom is -0.344 e. The van der Waals surface area contributed by atoms with E-state index in [4.69, 9.17) is 0 Å². The minimum absolute atomic E-state index is 0. The molecule has 0 unspecified atom stereocenters. The maximum Gasteiger partial charge on any atom is 0.519 e. The summed E-state index contributed by atoms with van der Waals surface area (Å²) in [7, 11) is 0. The average molecular weight is 111 g/mol. The molecule has 7 N–H and O–H groups in total. The molecule has 0 aromatic rings. The molecule has 0 aromatic heterocycles. The van der Waals surface area contributed by atoms with E-state index in [1.54, 1.807) is 0 Å². The van der Waals surface area contributed by atoms with E-state index in [1.165, 1.54) is 0 Å². The molecule has 7 heavy (non-hydrogen) atoms. The van der Waals surface area contributed by atoms with Crippen molar-refractivity contribution in [3.05, 3.63) is 4.91 Å². The molecule has 0 bridgehead atoms. The van der Waals surface area contributed by atoms with Gasteiger partial charge in [0.25, 0.3) is 0 Å². The maximum atomic E-state index is 9.40. The zero-order valence-electron chi connectivity index (χ0n) is 3.53. The third-order valence-corrected chi connectivity index (χ3v) is 0.172. The van der Waals surface area contributed by atoms with E-state index < -0.39 is 5.09 Å². The van der Waals surface area contributed by atoms with Crippen molar-refractivity contribution in [3.8, 4) is 0 Å². The number of hydrogen-bond acceptors (Lipinski definition) is 6. The largest absolute Gasteiger partial charge is 0.519 e. The van der Waals surface area contributed by atoms with Crippen LogP contribution in [0.5, 0.6) is 0 Å². The summed E-state index contributed by atoms with van der Waals surface area (Å²) in [5, 5.41) is -0.444. The standard InChI is InChI=1S/H4N3O3.H3N/c1-5-3(4)6-2;/h1-2H2;1H3/q+1;. The van der Waals surface area contributed by atoms with Crippen LogP contribution in [-0.4, -0.2) is 5.09 Å². The van der Waals surface area contributed by atoms with E-state index in [0.717, 1.165) is 0 Å². The highest BCUT2D eigenvalue weighted by Crippen LogP contribution is 1.58. The van der Waals surface area contributed by atoms with Gasteiger partial charge in [0, 0.05) is 0 Å². The molecule has 0 amide bonds.